The van der Waals surface area contributed by atoms with E-state index in [-0.39, 0.29) is 0 Å². The van der Waals surface area contributed by atoms with Crippen LogP contribution in [-0.2, 0) is 0 Å². The first-order valence-electron chi connectivity index (χ1n) is 35.9. The normalized spacial score (nSPS) is 11.6. The summed E-state index contributed by atoms with van der Waals surface area (Å²) < 4.78 is 2.26. The second kappa shape index (κ2) is 25.6. The molecule has 21 aromatic rings. The highest BCUT2D eigenvalue weighted by molar-refractivity contribution is 6.24. The quantitative estimate of drug-likeness (QED) is 0.135. The van der Waals surface area contributed by atoms with Crippen LogP contribution in [0.2, 0.25) is 0 Å². The molecule has 3 aromatic heterocycles. The number of hydrogen-bond donors (Lipinski definition) is 0. The van der Waals surface area contributed by atoms with Gasteiger partial charge >= 0.3 is 0 Å². The van der Waals surface area contributed by atoms with Gasteiger partial charge in [-0.25, -0.2) is 4.98 Å². The summed E-state index contributed by atoms with van der Waals surface area (Å²) in [4.78, 5) is 14.7. The van der Waals surface area contributed by atoms with E-state index < -0.39 is 0 Å². The third kappa shape index (κ3) is 10.9. The molecule has 0 saturated heterocycles. The Morgan fingerprint density at radius 2 is 0.533 bits per heavy atom. The summed E-state index contributed by atoms with van der Waals surface area (Å²) in [5.41, 5.74) is 21.6. The molecule has 0 aliphatic carbocycles. The first-order chi connectivity index (χ1) is 52.0. The molecule has 0 fully saturated rings. The third-order valence-electron chi connectivity index (χ3n) is 21.2. The predicted molar refractivity (Wildman–Crippen MR) is 444 cm³/mol. The highest BCUT2D eigenvalue weighted by Gasteiger charge is 2.22. The van der Waals surface area contributed by atoms with Crippen molar-refractivity contribution in [1.82, 2.24) is 19.5 Å². The lowest BCUT2D eigenvalue weighted by atomic mass is 9.84. The van der Waals surface area contributed by atoms with Gasteiger partial charge in [0.05, 0.1) is 22.2 Å². The highest BCUT2D eigenvalue weighted by atomic mass is 15.1. The number of rotatable bonds is 9. The van der Waals surface area contributed by atoms with Gasteiger partial charge in [-0.15, -0.1) is 0 Å². The zero-order valence-corrected chi connectivity index (χ0v) is 57.2. The molecular weight excluding hydrogens is 1270 g/mol. The fourth-order valence-electron chi connectivity index (χ4n) is 16.2. The van der Waals surface area contributed by atoms with Gasteiger partial charge in [-0.3, -0.25) is 14.5 Å². The summed E-state index contributed by atoms with van der Waals surface area (Å²) in [7, 11) is 0. The number of hydrogen-bond acceptors (Lipinski definition) is 3. The molecule has 0 spiro atoms. The maximum atomic E-state index is 5.12. The van der Waals surface area contributed by atoms with Gasteiger partial charge in [0, 0.05) is 40.2 Å². The largest absolute Gasteiger partial charge is 0.292 e. The molecular formula is C101H64N4. The van der Waals surface area contributed by atoms with Gasteiger partial charge in [0.2, 0.25) is 0 Å². The molecule has 0 radical (unpaired) electrons. The summed E-state index contributed by atoms with van der Waals surface area (Å²) in [6.07, 6.45) is 3.91. The Hall–Kier alpha value is -13.9. The summed E-state index contributed by atoms with van der Waals surface area (Å²) in [6.45, 7) is 0. The van der Waals surface area contributed by atoms with Crippen molar-refractivity contribution in [3.05, 3.63) is 389 Å². The fourth-order valence-corrected chi connectivity index (χ4v) is 16.2. The van der Waals surface area contributed by atoms with E-state index in [0.29, 0.717) is 0 Å². The van der Waals surface area contributed by atoms with Crippen molar-refractivity contribution in [1.29, 1.82) is 0 Å². The number of para-hydroxylation sites is 4. The molecule has 0 aliphatic rings. The topological polar surface area (TPSA) is 43.6 Å². The first kappa shape index (κ1) is 61.0. The van der Waals surface area contributed by atoms with Crippen LogP contribution in [0, 0.1) is 0 Å². The number of pyridine rings is 2. The maximum absolute atomic E-state index is 5.12. The number of nitrogens with zero attached hydrogens (tertiary/aromatic N) is 4. The second-order valence-electron chi connectivity index (χ2n) is 27.4. The summed E-state index contributed by atoms with van der Waals surface area (Å²) >= 11 is 0. The standard InChI is InChI=1S/C53H34N2.C48H30N2/c1-2-16-44(17-3-1)55-50-21-11-10-20-49(50)54-53(55)38-26-22-37(23-27-38)41-30-31-47-48(34-41)52(43-29-25-36-13-5-7-15-40(36)33-43)46-19-9-8-18-45(46)51(47)42-28-24-35-12-4-6-14-39(35)32-42;1-3-11-33-25-37(19-17-31(33)9-1)47-41-14-6-7-15-42(41)48(38-20-18-32-10-2-4-12-34(32)26-38)44-28-35(21-23-43(44)47)39-22-24-46(49-29-39)40-27-36-13-5-8-16-45(36)50-30-40/h1-34H;1-30H. The maximum Gasteiger partial charge on any atom is 0.145 e. The Balaban J connectivity index is 0.000000140. The zero-order valence-electron chi connectivity index (χ0n) is 57.2. The van der Waals surface area contributed by atoms with E-state index >= 15 is 0 Å². The van der Waals surface area contributed by atoms with Crippen LogP contribution in [0.3, 0.4) is 0 Å². The van der Waals surface area contributed by atoms with Crippen molar-refractivity contribution < 1.29 is 0 Å². The molecule has 4 nitrogen and oxygen atoms in total. The molecule has 4 heteroatoms. The van der Waals surface area contributed by atoms with Crippen molar-refractivity contribution >= 4 is 108 Å². The molecule has 0 aliphatic heterocycles. The molecule has 105 heavy (non-hydrogen) atoms. The van der Waals surface area contributed by atoms with Gasteiger partial charge in [-0.1, -0.05) is 297 Å². The van der Waals surface area contributed by atoms with Crippen molar-refractivity contribution in [3.63, 3.8) is 0 Å². The average molecular weight is 1330 g/mol. The van der Waals surface area contributed by atoms with Gasteiger partial charge in [0.25, 0.3) is 0 Å². The lowest BCUT2D eigenvalue weighted by molar-refractivity contribution is 1.10. The minimum absolute atomic E-state index is 0.911. The van der Waals surface area contributed by atoms with Gasteiger partial charge in [-0.2, -0.15) is 0 Å². The van der Waals surface area contributed by atoms with E-state index in [0.717, 1.165) is 67.0 Å². The van der Waals surface area contributed by atoms with Gasteiger partial charge in [0.15, 0.2) is 0 Å². The molecule has 488 valence electrons. The van der Waals surface area contributed by atoms with Gasteiger partial charge in [-0.05, 0) is 226 Å². The molecule has 0 saturated carbocycles. The highest BCUT2D eigenvalue weighted by Crippen LogP contribution is 2.49. The molecule has 0 unspecified atom stereocenters. The van der Waals surface area contributed by atoms with Crippen LogP contribution in [0.5, 0.6) is 0 Å². The molecule has 3 heterocycles. The monoisotopic (exact) mass is 1330 g/mol. The van der Waals surface area contributed by atoms with Crippen LogP contribution in [0.4, 0.5) is 0 Å². The van der Waals surface area contributed by atoms with Crippen LogP contribution in [0.1, 0.15) is 0 Å². The molecule has 0 N–H and O–H groups in total. The van der Waals surface area contributed by atoms with E-state index in [1.54, 1.807) is 0 Å². The molecule has 18 aromatic carbocycles. The number of benzene rings is 18. The van der Waals surface area contributed by atoms with E-state index in [4.69, 9.17) is 9.97 Å². The minimum atomic E-state index is 0.911. The number of fused-ring (bicyclic) bond motifs is 10. The van der Waals surface area contributed by atoms with E-state index in [1.165, 1.54) is 136 Å². The molecule has 21 rings (SSSR count). The number of imidazole rings is 1. The molecule has 0 atom stereocenters. The van der Waals surface area contributed by atoms with Crippen LogP contribution >= 0.6 is 0 Å². The fraction of sp³-hybridized carbons (Fsp3) is 0. The van der Waals surface area contributed by atoms with Gasteiger partial charge in [0.1, 0.15) is 5.82 Å². The summed E-state index contributed by atoms with van der Waals surface area (Å²) in [6, 6.07) is 136. The molecule has 0 bridgehead atoms. The van der Waals surface area contributed by atoms with Crippen molar-refractivity contribution in [2.75, 3.05) is 0 Å². The first-order valence-corrected chi connectivity index (χ1v) is 35.9. The van der Waals surface area contributed by atoms with Crippen molar-refractivity contribution in [2.24, 2.45) is 0 Å². The Morgan fingerprint density at radius 1 is 0.190 bits per heavy atom. The Labute approximate surface area is 607 Å². The smallest absolute Gasteiger partial charge is 0.145 e. The van der Waals surface area contributed by atoms with Crippen LogP contribution in [-0.4, -0.2) is 19.5 Å². The van der Waals surface area contributed by atoms with Crippen molar-refractivity contribution in [3.8, 4) is 95.1 Å². The Kier molecular flexibility index (Phi) is 14.9. The van der Waals surface area contributed by atoms with Crippen LogP contribution in [0.15, 0.2) is 389 Å². The minimum Gasteiger partial charge on any atom is -0.292 e. The zero-order chi connectivity index (χ0) is 69.3. The molecule has 0 amide bonds. The van der Waals surface area contributed by atoms with E-state index in [2.05, 4.69) is 367 Å². The third-order valence-corrected chi connectivity index (χ3v) is 21.2. The average Bonchev–Trinajstić information content (AvgIpc) is 1.13. The Bertz CT molecular complexity index is 7010. The van der Waals surface area contributed by atoms with Crippen LogP contribution < -0.4 is 0 Å². The lowest BCUT2D eigenvalue weighted by Gasteiger charge is -2.19. The SMILES string of the molecule is c1ccc(-n2c(-c3ccc(-c4ccc5c(-c6ccc7ccccc7c6)c6ccccc6c(-c6ccc7ccccc7c6)c5c4)cc3)nc3ccccc32)cc1.c1ccc2cc(-c3c4ccccc4c(-c4ccc5ccccc5c4)c4cc(-c5ccc(-c6cnc7ccccc7c6)nc5)ccc34)ccc2c1. The van der Waals surface area contributed by atoms with E-state index in [1.807, 2.05) is 30.6 Å². The predicted octanol–water partition coefficient (Wildman–Crippen LogP) is 27.2. The van der Waals surface area contributed by atoms with E-state index in [9.17, 15) is 0 Å². The summed E-state index contributed by atoms with van der Waals surface area (Å²) in [5, 5.41) is 21.0. The van der Waals surface area contributed by atoms with Crippen LogP contribution in [0.25, 0.3) is 203 Å². The second-order valence-corrected chi connectivity index (χ2v) is 27.4. The van der Waals surface area contributed by atoms with Gasteiger partial charge < -0.3 is 0 Å². The summed E-state index contributed by atoms with van der Waals surface area (Å²) in [5.74, 6) is 0.933. The lowest BCUT2D eigenvalue weighted by Crippen LogP contribution is -1.97. The number of aromatic nitrogens is 4. The van der Waals surface area contributed by atoms with Crippen molar-refractivity contribution in [2.45, 2.75) is 0 Å². The Morgan fingerprint density at radius 3 is 1.01 bits per heavy atom.